The van der Waals surface area contributed by atoms with Gasteiger partial charge < -0.3 is 13.9 Å². The minimum absolute atomic E-state index is 0.231. The lowest BCUT2D eigenvalue weighted by atomic mass is 9.98. The molecule has 0 saturated carbocycles. The Morgan fingerprint density at radius 1 is 1.20 bits per heavy atom. The van der Waals surface area contributed by atoms with Crippen molar-refractivity contribution in [2.75, 3.05) is 14.2 Å². The number of aryl methyl sites for hydroxylation is 1. The van der Waals surface area contributed by atoms with Crippen LogP contribution in [0, 0.1) is 6.92 Å². The lowest BCUT2D eigenvalue weighted by Gasteiger charge is -2.20. The van der Waals surface area contributed by atoms with E-state index in [0.29, 0.717) is 11.5 Å². The smallest absolute Gasteiger partial charge is 0.141 e. The number of nitrogens with one attached hydrogen (secondary N) is 1. The van der Waals surface area contributed by atoms with Crippen molar-refractivity contribution in [3.05, 3.63) is 45.8 Å². The molecular formula is C14H17BrN2O3. The average molecular weight is 341 g/mol. The van der Waals surface area contributed by atoms with Gasteiger partial charge in [-0.3, -0.25) is 5.84 Å². The van der Waals surface area contributed by atoms with Gasteiger partial charge in [0, 0.05) is 11.1 Å². The Bertz CT molecular complexity index is 598. The third-order valence-electron chi connectivity index (χ3n) is 3.20. The summed E-state index contributed by atoms with van der Waals surface area (Å²) in [6, 6.07) is 5.43. The van der Waals surface area contributed by atoms with E-state index in [1.807, 2.05) is 25.1 Å². The zero-order chi connectivity index (χ0) is 14.7. The fourth-order valence-corrected chi connectivity index (χ4v) is 2.87. The maximum absolute atomic E-state index is 5.72. The molecule has 0 radical (unpaired) electrons. The van der Waals surface area contributed by atoms with Crippen molar-refractivity contribution in [3.8, 4) is 11.5 Å². The summed E-state index contributed by atoms with van der Waals surface area (Å²) in [5.74, 6) is 7.90. The Balaban J connectivity index is 2.56. The molecule has 1 atom stereocenters. The highest BCUT2D eigenvalue weighted by molar-refractivity contribution is 9.10. The highest BCUT2D eigenvalue weighted by Gasteiger charge is 2.23. The Kier molecular flexibility index (Phi) is 4.69. The van der Waals surface area contributed by atoms with Gasteiger partial charge in [0.25, 0.3) is 0 Å². The molecule has 0 aliphatic heterocycles. The molecule has 108 valence electrons. The number of furan rings is 1. The molecule has 0 bridgehead atoms. The molecule has 1 aromatic heterocycles. The van der Waals surface area contributed by atoms with Crippen molar-refractivity contribution in [1.29, 1.82) is 0 Å². The van der Waals surface area contributed by atoms with Crippen molar-refractivity contribution in [2.45, 2.75) is 13.0 Å². The number of benzene rings is 1. The second-order valence-corrected chi connectivity index (χ2v) is 5.03. The second-order valence-electron chi connectivity index (χ2n) is 4.24. The molecule has 2 rings (SSSR count). The van der Waals surface area contributed by atoms with Crippen LogP contribution in [-0.4, -0.2) is 14.2 Å². The SMILES string of the molecule is COc1ccc(C(NN)c2ccoc2C)c(OC)c1Br. The molecule has 1 heterocycles. The van der Waals surface area contributed by atoms with Gasteiger partial charge in [0.05, 0.1) is 26.5 Å². The highest BCUT2D eigenvalue weighted by atomic mass is 79.9. The molecule has 2 aromatic rings. The molecule has 0 aliphatic rings. The molecule has 5 nitrogen and oxygen atoms in total. The maximum Gasteiger partial charge on any atom is 0.141 e. The molecule has 1 aromatic carbocycles. The summed E-state index contributed by atoms with van der Waals surface area (Å²) in [6.07, 6.45) is 1.64. The largest absolute Gasteiger partial charge is 0.495 e. The number of hydrogen-bond acceptors (Lipinski definition) is 5. The maximum atomic E-state index is 5.72. The van der Waals surface area contributed by atoms with E-state index >= 15 is 0 Å². The van der Waals surface area contributed by atoms with Gasteiger partial charge in [-0.15, -0.1) is 0 Å². The summed E-state index contributed by atoms with van der Waals surface area (Å²) in [5.41, 5.74) is 4.66. The summed E-state index contributed by atoms with van der Waals surface area (Å²) < 4.78 is 16.9. The van der Waals surface area contributed by atoms with Gasteiger partial charge in [-0.2, -0.15) is 0 Å². The van der Waals surface area contributed by atoms with Crippen molar-refractivity contribution < 1.29 is 13.9 Å². The van der Waals surface area contributed by atoms with E-state index in [-0.39, 0.29) is 6.04 Å². The van der Waals surface area contributed by atoms with Crippen LogP contribution < -0.4 is 20.7 Å². The number of methoxy groups -OCH3 is 2. The average Bonchev–Trinajstić information content (AvgIpc) is 2.86. The molecule has 1 unspecified atom stereocenters. The topological polar surface area (TPSA) is 69.7 Å². The number of nitrogens with two attached hydrogens (primary N) is 1. The first-order valence-electron chi connectivity index (χ1n) is 6.04. The Morgan fingerprint density at radius 3 is 2.45 bits per heavy atom. The lowest BCUT2D eigenvalue weighted by Crippen LogP contribution is -2.29. The van der Waals surface area contributed by atoms with Gasteiger partial charge in [0.1, 0.15) is 21.7 Å². The quantitative estimate of drug-likeness (QED) is 0.646. The first-order chi connectivity index (χ1) is 9.63. The molecule has 0 saturated heterocycles. The fraction of sp³-hybridized carbons (Fsp3) is 0.286. The van der Waals surface area contributed by atoms with Crippen LogP contribution in [0.15, 0.2) is 33.4 Å². The Morgan fingerprint density at radius 2 is 1.95 bits per heavy atom. The Hall–Kier alpha value is -1.50. The van der Waals surface area contributed by atoms with Crippen LogP contribution in [-0.2, 0) is 0 Å². The molecule has 0 amide bonds. The van der Waals surface area contributed by atoms with Gasteiger partial charge in [-0.05, 0) is 41.1 Å². The van der Waals surface area contributed by atoms with Gasteiger partial charge >= 0.3 is 0 Å². The molecule has 0 aliphatic carbocycles. The van der Waals surface area contributed by atoms with Gasteiger partial charge in [0.15, 0.2) is 0 Å². The third-order valence-corrected chi connectivity index (χ3v) is 3.95. The number of hydrogen-bond donors (Lipinski definition) is 2. The third kappa shape index (κ3) is 2.54. The summed E-state index contributed by atoms with van der Waals surface area (Å²) in [4.78, 5) is 0. The van der Waals surface area contributed by atoms with Crippen LogP contribution in [0.1, 0.15) is 22.9 Å². The Labute approximate surface area is 126 Å². The highest BCUT2D eigenvalue weighted by Crippen LogP contribution is 2.41. The zero-order valence-electron chi connectivity index (χ0n) is 11.6. The van der Waals surface area contributed by atoms with Crippen LogP contribution in [0.5, 0.6) is 11.5 Å². The number of rotatable bonds is 5. The first kappa shape index (κ1) is 14.9. The van der Waals surface area contributed by atoms with Crippen LogP contribution >= 0.6 is 15.9 Å². The molecule has 0 spiro atoms. The second kappa shape index (κ2) is 6.30. The number of hydrazine groups is 1. The zero-order valence-corrected chi connectivity index (χ0v) is 13.2. The van der Waals surface area contributed by atoms with Crippen LogP contribution in [0.4, 0.5) is 0 Å². The van der Waals surface area contributed by atoms with E-state index in [1.165, 1.54) is 0 Å². The van der Waals surface area contributed by atoms with Crippen molar-refractivity contribution in [2.24, 2.45) is 5.84 Å². The van der Waals surface area contributed by atoms with Crippen LogP contribution in [0.3, 0.4) is 0 Å². The van der Waals surface area contributed by atoms with Crippen LogP contribution in [0.25, 0.3) is 0 Å². The first-order valence-corrected chi connectivity index (χ1v) is 6.83. The van der Waals surface area contributed by atoms with Gasteiger partial charge in [-0.25, -0.2) is 5.43 Å². The standard InChI is InChI=1S/C14H17BrN2O3/c1-8-9(6-7-20-8)13(17-16)10-4-5-11(18-2)12(15)14(10)19-3/h4-7,13,17H,16H2,1-3H3. The van der Waals surface area contributed by atoms with Crippen molar-refractivity contribution in [1.82, 2.24) is 5.43 Å². The predicted molar refractivity (Wildman–Crippen MR) is 79.9 cm³/mol. The minimum Gasteiger partial charge on any atom is -0.495 e. The lowest BCUT2D eigenvalue weighted by molar-refractivity contribution is 0.382. The fourth-order valence-electron chi connectivity index (χ4n) is 2.19. The molecule has 3 N–H and O–H groups in total. The van der Waals surface area contributed by atoms with E-state index in [4.69, 9.17) is 19.7 Å². The number of ether oxygens (including phenoxy) is 2. The van der Waals surface area contributed by atoms with Crippen molar-refractivity contribution >= 4 is 15.9 Å². The predicted octanol–water partition coefficient (Wildman–Crippen LogP) is 2.92. The summed E-state index contributed by atoms with van der Waals surface area (Å²) in [6.45, 7) is 1.89. The van der Waals surface area contributed by atoms with E-state index in [0.717, 1.165) is 21.4 Å². The molecular weight excluding hydrogens is 324 g/mol. The molecule has 0 fully saturated rings. The molecule has 20 heavy (non-hydrogen) atoms. The van der Waals surface area contributed by atoms with Crippen molar-refractivity contribution in [3.63, 3.8) is 0 Å². The monoisotopic (exact) mass is 340 g/mol. The minimum atomic E-state index is -0.231. The van der Waals surface area contributed by atoms with E-state index < -0.39 is 0 Å². The van der Waals surface area contributed by atoms with Crippen LogP contribution in [0.2, 0.25) is 0 Å². The van der Waals surface area contributed by atoms with E-state index in [1.54, 1.807) is 20.5 Å². The summed E-state index contributed by atoms with van der Waals surface area (Å²) >= 11 is 3.49. The van der Waals surface area contributed by atoms with Gasteiger partial charge in [-0.1, -0.05) is 0 Å². The summed E-state index contributed by atoms with van der Waals surface area (Å²) in [7, 11) is 3.22. The summed E-state index contributed by atoms with van der Waals surface area (Å²) in [5, 5.41) is 0. The van der Waals surface area contributed by atoms with Gasteiger partial charge in [0.2, 0.25) is 0 Å². The number of halogens is 1. The van der Waals surface area contributed by atoms with E-state index in [9.17, 15) is 0 Å². The van der Waals surface area contributed by atoms with E-state index in [2.05, 4.69) is 21.4 Å². The molecule has 6 heteroatoms. The normalized spacial score (nSPS) is 12.2.